The van der Waals surface area contributed by atoms with E-state index in [-0.39, 0.29) is 17.5 Å². The van der Waals surface area contributed by atoms with E-state index in [0.717, 1.165) is 6.54 Å². The van der Waals surface area contributed by atoms with Gasteiger partial charge in [0.2, 0.25) is 5.91 Å². The van der Waals surface area contributed by atoms with Crippen molar-refractivity contribution >= 4 is 5.91 Å². The molecule has 1 unspecified atom stereocenters. The lowest BCUT2D eigenvalue weighted by atomic mass is 9.98. The summed E-state index contributed by atoms with van der Waals surface area (Å²) in [6.07, 6.45) is 2.42. The number of carbonyl (C=O) groups is 1. The van der Waals surface area contributed by atoms with E-state index < -0.39 is 0 Å². The molecule has 68 valence electrons. The van der Waals surface area contributed by atoms with Crippen LogP contribution in [0.3, 0.4) is 0 Å². The molecule has 2 rings (SSSR count). The van der Waals surface area contributed by atoms with Crippen molar-refractivity contribution in [1.82, 2.24) is 10.6 Å². The molecule has 2 aliphatic rings. The molecule has 0 bridgehead atoms. The average molecular weight is 168 g/mol. The summed E-state index contributed by atoms with van der Waals surface area (Å²) in [5, 5.41) is 6.33. The number of hydrogen-bond acceptors (Lipinski definition) is 2. The average Bonchev–Trinajstić information content (AvgIpc) is 2.76. The quantitative estimate of drug-likeness (QED) is 0.590. The van der Waals surface area contributed by atoms with Gasteiger partial charge in [0, 0.05) is 12.1 Å². The lowest BCUT2D eigenvalue weighted by Crippen LogP contribution is -2.64. The molecule has 1 saturated carbocycles. The molecular weight excluding hydrogens is 152 g/mol. The van der Waals surface area contributed by atoms with E-state index in [9.17, 15) is 4.79 Å². The van der Waals surface area contributed by atoms with Crippen molar-refractivity contribution in [3.8, 4) is 0 Å². The van der Waals surface area contributed by atoms with Crippen LogP contribution in [-0.4, -0.2) is 24.0 Å². The van der Waals surface area contributed by atoms with E-state index in [1.54, 1.807) is 0 Å². The second-order valence-electron chi connectivity index (χ2n) is 4.56. The highest BCUT2D eigenvalue weighted by atomic mass is 16.2. The molecule has 2 fully saturated rings. The van der Waals surface area contributed by atoms with Gasteiger partial charge in [-0.15, -0.1) is 0 Å². The lowest BCUT2D eigenvalue weighted by Gasteiger charge is -2.36. The first-order chi connectivity index (χ1) is 5.58. The Bertz CT molecular complexity index is 209. The van der Waals surface area contributed by atoms with Gasteiger partial charge in [0.25, 0.3) is 0 Å². The third-order valence-corrected chi connectivity index (χ3v) is 2.63. The van der Waals surface area contributed by atoms with Crippen LogP contribution < -0.4 is 10.6 Å². The molecule has 1 aliphatic heterocycles. The Balaban J connectivity index is 2.04. The summed E-state index contributed by atoms with van der Waals surface area (Å²) in [4.78, 5) is 11.4. The van der Waals surface area contributed by atoms with E-state index in [1.165, 1.54) is 12.8 Å². The Morgan fingerprint density at radius 3 is 2.67 bits per heavy atom. The molecular formula is C9H16N2O. The maximum absolute atomic E-state index is 11.4. The van der Waals surface area contributed by atoms with Gasteiger partial charge in [-0.2, -0.15) is 0 Å². The first kappa shape index (κ1) is 8.05. The number of piperazine rings is 1. The summed E-state index contributed by atoms with van der Waals surface area (Å²) >= 11 is 0. The van der Waals surface area contributed by atoms with Crippen molar-refractivity contribution in [2.75, 3.05) is 6.54 Å². The molecule has 1 aliphatic carbocycles. The van der Waals surface area contributed by atoms with E-state index in [0.29, 0.717) is 5.92 Å². The first-order valence-corrected chi connectivity index (χ1v) is 4.64. The molecule has 0 radical (unpaired) electrons. The Labute approximate surface area is 72.9 Å². The van der Waals surface area contributed by atoms with Crippen LogP contribution in [0.2, 0.25) is 0 Å². The minimum absolute atomic E-state index is 0.0706. The molecule has 1 atom stereocenters. The fourth-order valence-electron chi connectivity index (χ4n) is 1.72. The van der Waals surface area contributed by atoms with Crippen LogP contribution in [0, 0.1) is 5.92 Å². The van der Waals surface area contributed by atoms with Crippen LogP contribution in [0.1, 0.15) is 26.7 Å². The third kappa shape index (κ3) is 1.46. The van der Waals surface area contributed by atoms with Gasteiger partial charge in [-0.05, 0) is 32.6 Å². The molecule has 0 aromatic heterocycles. The van der Waals surface area contributed by atoms with Gasteiger partial charge in [0.15, 0.2) is 0 Å². The minimum Gasteiger partial charge on any atom is -0.353 e. The van der Waals surface area contributed by atoms with Gasteiger partial charge in [-0.3, -0.25) is 10.1 Å². The van der Waals surface area contributed by atoms with Crippen molar-refractivity contribution < 1.29 is 4.79 Å². The predicted octanol–water partition coefficient (Wildman–Crippen LogP) is 0.263. The molecule has 0 aromatic carbocycles. The lowest BCUT2D eigenvalue weighted by molar-refractivity contribution is -0.126. The predicted molar refractivity (Wildman–Crippen MR) is 46.7 cm³/mol. The van der Waals surface area contributed by atoms with Crippen LogP contribution in [0.5, 0.6) is 0 Å². The zero-order chi connectivity index (χ0) is 8.77. The summed E-state index contributed by atoms with van der Waals surface area (Å²) in [6.45, 7) is 5.00. The number of hydrogen-bond donors (Lipinski definition) is 2. The monoisotopic (exact) mass is 168 g/mol. The smallest absolute Gasteiger partial charge is 0.237 e. The first-order valence-electron chi connectivity index (χ1n) is 4.64. The molecule has 2 N–H and O–H groups in total. The summed E-state index contributed by atoms with van der Waals surface area (Å²) in [5.74, 6) is 0.793. The van der Waals surface area contributed by atoms with Crippen LogP contribution >= 0.6 is 0 Å². The molecule has 0 aromatic rings. The fraction of sp³-hybridized carbons (Fsp3) is 0.889. The molecule has 3 heteroatoms. The Morgan fingerprint density at radius 2 is 2.08 bits per heavy atom. The van der Waals surface area contributed by atoms with Crippen LogP contribution in [0.25, 0.3) is 0 Å². The molecule has 3 nitrogen and oxygen atoms in total. The second-order valence-corrected chi connectivity index (χ2v) is 4.56. The van der Waals surface area contributed by atoms with Gasteiger partial charge < -0.3 is 5.32 Å². The summed E-state index contributed by atoms with van der Waals surface area (Å²) in [7, 11) is 0. The van der Waals surface area contributed by atoms with Crippen LogP contribution in [0.4, 0.5) is 0 Å². The molecule has 1 amide bonds. The van der Waals surface area contributed by atoms with E-state index in [4.69, 9.17) is 0 Å². The van der Waals surface area contributed by atoms with Crippen LogP contribution in [0.15, 0.2) is 0 Å². The third-order valence-electron chi connectivity index (χ3n) is 2.63. The van der Waals surface area contributed by atoms with E-state index in [1.807, 2.05) is 0 Å². The topological polar surface area (TPSA) is 41.1 Å². The Kier molecular flexibility index (Phi) is 1.65. The van der Waals surface area contributed by atoms with Crippen molar-refractivity contribution in [1.29, 1.82) is 0 Å². The number of carbonyl (C=O) groups excluding carboxylic acids is 1. The van der Waals surface area contributed by atoms with Gasteiger partial charge >= 0.3 is 0 Å². The minimum atomic E-state index is 0.0706. The zero-order valence-electron chi connectivity index (χ0n) is 7.68. The van der Waals surface area contributed by atoms with Gasteiger partial charge in [0.1, 0.15) is 0 Å². The van der Waals surface area contributed by atoms with Crippen LogP contribution in [-0.2, 0) is 4.79 Å². The van der Waals surface area contributed by atoms with Crippen molar-refractivity contribution in [2.24, 2.45) is 5.92 Å². The summed E-state index contributed by atoms with van der Waals surface area (Å²) in [5.41, 5.74) is 0.0706. The zero-order valence-corrected chi connectivity index (χ0v) is 7.68. The maximum Gasteiger partial charge on any atom is 0.237 e. The highest BCUT2D eigenvalue weighted by Gasteiger charge is 2.41. The highest BCUT2D eigenvalue weighted by molar-refractivity contribution is 5.83. The van der Waals surface area contributed by atoms with Crippen molar-refractivity contribution in [3.05, 3.63) is 0 Å². The SMILES string of the molecule is CC1(C)CNC(=O)C(C2CC2)N1. The van der Waals surface area contributed by atoms with Crippen molar-refractivity contribution in [3.63, 3.8) is 0 Å². The summed E-state index contributed by atoms with van der Waals surface area (Å²) in [6, 6.07) is 0.0775. The molecule has 1 saturated heterocycles. The molecule has 0 spiro atoms. The van der Waals surface area contributed by atoms with E-state index >= 15 is 0 Å². The molecule has 1 heterocycles. The number of nitrogens with one attached hydrogen (secondary N) is 2. The normalized spacial score (nSPS) is 34.5. The largest absolute Gasteiger partial charge is 0.353 e. The second kappa shape index (κ2) is 2.46. The maximum atomic E-state index is 11.4. The number of amides is 1. The standard InChI is InChI=1S/C9H16N2O/c1-9(2)5-10-8(12)7(11-9)6-3-4-6/h6-7,11H,3-5H2,1-2H3,(H,10,12). The molecule has 12 heavy (non-hydrogen) atoms. The Hall–Kier alpha value is -0.570. The fourth-order valence-corrected chi connectivity index (χ4v) is 1.72. The van der Waals surface area contributed by atoms with Crippen molar-refractivity contribution in [2.45, 2.75) is 38.3 Å². The van der Waals surface area contributed by atoms with Gasteiger partial charge in [-0.1, -0.05) is 0 Å². The summed E-state index contributed by atoms with van der Waals surface area (Å²) < 4.78 is 0. The number of rotatable bonds is 1. The highest BCUT2D eigenvalue weighted by Crippen LogP contribution is 2.34. The van der Waals surface area contributed by atoms with E-state index in [2.05, 4.69) is 24.5 Å². The van der Waals surface area contributed by atoms with Gasteiger partial charge in [0.05, 0.1) is 6.04 Å². The van der Waals surface area contributed by atoms with Gasteiger partial charge in [-0.25, -0.2) is 0 Å². The Morgan fingerprint density at radius 1 is 1.42 bits per heavy atom.